The second-order valence-corrected chi connectivity index (χ2v) is 5.18. The third-order valence-electron chi connectivity index (χ3n) is 3.43. The first kappa shape index (κ1) is 14.1. The molecule has 1 amide bonds. The third-order valence-corrected chi connectivity index (χ3v) is 3.43. The van der Waals surface area contributed by atoms with Gasteiger partial charge in [-0.05, 0) is 32.0 Å². The molecule has 0 unspecified atom stereocenters. The van der Waals surface area contributed by atoms with Crippen molar-refractivity contribution in [2.75, 3.05) is 0 Å². The normalized spacial score (nSPS) is 12.1. The fourth-order valence-corrected chi connectivity index (χ4v) is 2.23. The number of H-pyrrole nitrogens is 1. The standard InChI is InChI=1S/C17H17N3O2/c1-11-8-9-16(22-11)12(2)18-17(21)15-10-14(19-20-15)13-6-4-3-5-7-13/h3-10,12H,1-2H3,(H,18,21)(H,19,20)/t12-/m1/s1. The van der Waals surface area contributed by atoms with E-state index < -0.39 is 0 Å². The molecule has 0 saturated heterocycles. The van der Waals surface area contributed by atoms with E-state index in [1.54, 1.807) is 6.07 Å². The van der Waals surface area contributed by atoms with Crippen LogP contribution in [0.5, 0.6) is 0 Å². The van der Waals surface area contributed by atoms with Gasteiger partial charge in [0, 0.05) is 5.56 Å². The van der Waals surface area contributed by atoms with Gasteiger partial charge in [0.15, 0.2) is 0 Å². The van der Waals surface area contributed by atoms with Gasteiger partial charge in [0.2, 0.25) is 0 Å². The van der Waals surface area contributed by atoms with E-state index in [-0.39, 0.29) is 11.9 Å². The number of carbonyl (C=O) groups is 1. The quantitative estimate of drug-likeness (QED) is 0.774. The predicted molar refractivity (Wildman–Crippen MR) is 83.3 cm³/mol. The topological polar surface area (TPSA) is 70.9 Å². The van der Waals surface area contributed by atoms with Crippen LogP contribution in [0.25, 0.3) is 11.3 Å². The molecule has 0 radical (unpaired) electrons. The number of rotatable bonds is 4. The average Bonchev–Trinajstić information content (AvgIpc) is 3.17. The highest BCUT2D eigenvalue weighted by Crippen LogP contribution is 2.19. The van der Waals surface area contributed by atoms with Crippen LogP contribution < -0.4 is 5.32 Å². The monoisotopic (exact) mass is 295 g/mol. The Kier molecular flexibility index (Phi) is 3.78. The SMILES string of the molecule is Cc1ccc([C@@H](C)NC(=O)c2cc(-c3ccccc3)n[nH]2)o1. The molecule has 0 aliphatic heterocycles. The van der Waals surface area contributed by atoms with Gasteiger partial charge < -0.3 is 9.73 Å². The van der Waals surface area contributed by atoms with E-state index in [0.717, 1.165) is 22.8 Å². The van der Waals surface area contributed by atoms with Crippen molar-refractivity contribution in [2.24, 2.45) is 0 Å². The van der Waals surface area contributed by atoms with Crippen LogP contribution in [0.4, 0.5) is 0 Å². The van der Waals surface area contributed by atoms with E-state index in [4.69, 9.17) is 4.42 Å². The Labute approximate surface area is 128 Å². The molecule has 0 fully saturated rings. The molecule has 22 heavy (non-hydrogen) atoms. The maximum atomic E-state index is 12.3. The van der Waals surface area contributed by atoms with Crippen LogP contribution in [0.3, 0.4) is 0 Å². The molecule has 0 aliphatic rings. The van der Waals surface area contributed by atoms with Crippen molar-refractivity contribution in [3.63, 3.8) is 0 Å². The van der Waals surface area contributed by atoms with Gasteiger partial charge in [0.1, 0.15) is 17.2 Å². The Morgan fingerprint density at radius 3 is 2.68 bits per heavy atom. The number of amides is 1. The lowest BCUT2D eigenvalue weighted by Gasteiger charge is -2.10. The molecular weight excluding hydrogens is 278 g/mol. The summed E-state index contributed by atoms with van der Waals surface area (Å²) in [6.45, 7) is 3.75. The fraction of sp³-hybridized carbons (Fsp3) is 0.176. The van der Waals surface area contributed by atoms with Gasteiger partial charge in [-0.2, -0.15) is 5.10 Å². The van der Waals surface area contributed by atoms with E-state index in [0.29, 0.717) is 5.69 Å². The highest BCUT2D eigenvalue weighted by molar-refractivity contribution is 5.93. The summed E-state index contributed by atoms with van der Waals surface area (Å²) < 4.78 is 5.52. The first-order valence-electron chi connectivity index (χ1n) is 7.11. The molecule has 0 bridgehead atoms. The maximum absolute atomic E-state index is 12.3. The molecule has 2 N–H and O–H groups in total. The van der Waals surface area contributed by atoms with Gasteiger partial charge in [-0.25, -0.2) is 0 Å². The first-order valence-corrected chi connectivity index (χ1v) is 7.11. The summed E-state index contributed by atoms with van der Waals surface area (Å²) in [4.78, 5) is 12.3. The van der Waals surface area contributed by atoms with Crippen LogP contribution in [0.1, 0.15) is 35.0 Å². The third kappa shape index (κ3) is 2.93. The minimum atomic E-state index is -0.212. The van der Waals surface area contributed by atoms with Crippen LogP contribution in [0, 0.1) is 6.92 Å². The zero-order valence-electron chi connectivity index (χ0n) is 12.5. The second kappa shape index (κ2) is 5.89. The number of aromatic amines is 1. The Balaban J connectivity index is 1.72. The lowest BCUT2D eigenvalue weighted by Crippen LogP contribution is -2.26. The summed E-state index contributed by atoms with van der Waals surface area (Å²) >= 11 is 0. The van der Waals surface area contributed by atoms with E-state index >= 15 is 0 Å². The first-order chi connectivity index (χ1) is 10.6. The summed E-state index contributed by atoms with van der Waals surface area (Å²) in [5, 5.41) is 9.84. The summed E-state index contributed by atoms with van der Waals surface area (Å²) in [7, 11) is 0. The number of benzene rings is 1. The molecular formula is C17H17N3O2. The number of furan rings is 1. The Morgan fingerprint density at radius 1 is 1.23 bits per heavy atom. The van der Waals surface area contributed by atoms with E-state index in [2.05, 4.69) is 15.5 Å². The number of hydrogen-bond donors (Lipinski definition) is 2. The highest BCUT2D eigenvalue weighted by Gasteiger charge is 2.16. The minimum absolute atomic E-state index is 0.204. The van der Waals surface area contributed by atoms with Gasteiger partial charge in [-0.3, -0.25) is 9.89 Å². The molecule has 0 aliphatic carbocycles. The predicted octanol–water partition coefficient (Wildman–Crippen LogP) is 3.47. The molecule has 3 aromatic rings. The zero-order chi connectivity index (χ0) is 15.5. The van der Waals surface area contributed by atoms with Crippen molar-refractivity contribution < 1.29 is 9.21 Å². The van der Waals surface area contributed by atoms with Gasteiger partial charge in [-0.1, -0.05) is 30.3 Å². The Bertz CT molecular complexity index is 774. The van der Waals surface area contributed by atoms with Crippen LogP contribution in [0.2, 0.25) is 0 Å². The molecule has 3 rings (SSSR count). The van der Waals surface area contributed by atoms with E-state index in [9.17, 15) is 4.79 Å². The molecule has 2 heterocycles. The number of aryl methyl sites for hydroxylation is 1. The van der Waals surface area contributed by atoms with Crippen molar-refractivity contribution in [2.45, 2.75) is 19.9 Å². The van der Waals surface area contributed by atoms with Crippen LogP contribution in [-0.2, 0) is 0 Å². The van der Waals surface area contributed by atoms with Crippen molar-refractivity contribution in [3.8, 4) is 11.3 Å². The van der Waals surface area contributed by atoms with Gasteiger partial charge >= 0.3 is 0 Å². The summed E-state index contributed by atoms with van der Waals surface area (Å²) in [6, 6.07) is 15.0. The Morgan fingerprint density at radius 2 is 2.00 bits per heavy atom. The number of nitrogens with zero attached hydrogens (tertiary/aromatic N) is 1. The lowest BCUT2D eigenvalue weighted by atomic mass is 10.1. The van der Waals surface area contributed by atoms with Gasteiger partial charge in [0.25, 0.3) is 5.91 Å². The minimum Gasteiger partial charge on any atom is -0.464 e. The number of carbonyl (C=O) groups excluding carboxylic acids is 1. The number of hydrogen-bond acceptors (Lipinski definition) is 3. The van der Waals surface area contributed by atoms with Crippen LogP contribution in [-0.4, -0.2) is 16.1 Å². The molecule has 0 spiro atoms. The largest absolute Gasteiger partial charge is 0.464 e. The molecule has 1 aromatic carbocycles. The summed E-state index contributed by atoms with van der Waals surface area (Å²) in [5.41, 5.74) is 2.13. The molecule has 5 heteroatoms. The summed E-state index contributed by atoms with van der Waals surface area (Å²) in [6.07, 6.45) is 0. The maximum Gasteiger partial charge on any atom is 0.269 e. The zero-order valence-corrected chi connectivity index (χ0v) is 12.5. The summed E-state index contributed by atoms with van der Waals surface area (Å²) in [5.74, 6) is 1.34. The van der Waals surface area contributed by atoms with Crippen molar-refractivity contribution in [3.05, 3.63) is 65.7 Å². The van der Waals surface area contributed by atoms with Crippen LogP contribution >= 0.6 is 0 Å². The van der Waals surface area contributed by atoms with Crippen LogP contribution in [0.15, 0.2) is 52.9 Å². The molecule has 0 saturated carbocycles. The second-order valence-electron chi connectivity index (χ2n) is 5.18. The molecule has 112 valence electrons. The lowest BCUT2D eigenvalue weighted by molar-refractivity contribution is 0.0930. The van der Waals surface area contributed by atoms with Gasteiger partial charge in [-0.15, -0.1) is 0 Å². The van der Waals surface area contributed by atoms with Gasteiger partial charge in [0.05, 0.1) is 11.7 Å². The Hall–Kier alpha value is -2.82. The molecule has 1 atom stereocenters. The highest BCUT2D eigenvalue weighted by atomic mass is 16.3. The number of aromatic nitrogens is 2. The number of nitrogens with one attached hydrogen (secondary N) is 2. The van der Waals surface area contributed by atoms with E-state index in [1.807, 2.05) is 56.3 Å². The smallest absolute Gasteiger partial charge is 0.269 e. The fourth-order valence-electron chi connectivity index (χ4n) is 2.23. The molecule has 5 nitrogen and oxygen atoms in total. The van der Waals surface area contributed by atoms with Crippen molar-refractivity contribution >= 4 is 5.91 Å². The van der Waals surface area contributed by atoms with E-state index in [1.165, 1.54) is 0 Å². The molecule has 2 aromatic heterocycles. The van der Waals surface area contributed by atoms with Crippen molar-refractivity contribution in [1.29, 1.82) is 0 Å². The van der Waals surface area contributed by atoms with Crippen molar-refractivity contribution in [1.82, 2.24) is 15.5 Å². The average molecular weight is 295 g/mol.